The van der Waals surface area contributed by atoms with E-state index >= 15 is 0 Å². The zero-order valence-corrected chi connectivity index (χ0v) is 25.3. The van der Waals surface area contributed by atoms with Crippen molar-refractivity contribution >= 4 is 32.7 Å². The molecular formula is C43H27N3O. The van der Waals surface area contributed by atoms with Crippen LogP contribution in [0.5, 0.6) is 0 Å². The Bertz CT molecular complexity index is 2510. The molecule has 0 aliphatic rings. The Kier molecular flexibility index (Phi) is 6.43. The number of nitrogens with zero attached hydrogens (tertiary/aromatic N) is 3. The molecule has 0 spiro atoms. The molecule has 0 aliphatic heterocycles. The van der Waals surface area contributed by atoms with E-state index in [1.807, 2.05) is 60.7 Å². The van der Waals surface area contributed by atoms with Gasteiger partial charge in [-0.05, 0) is 58.0 Å². The summed E-state index contributed by atoms with van der Waals surface area (Å²) in [6, 6.07) is 56.4. The first-order valence-electron chi connectivity index (χ1n) is 15.7. The van der Waals surface area contributed by atoms with Crippen molar-refractivity contribution in [3.05, 3.63) is 164 Å². The van der Waals surface area contributed by atoms with Crippen molar-refractivity contribution < 1.29 is 4.42 Å². The minimum Gasteiger partial charge on any atom is -0.455 e. The Labute approximate surface area is 271 Å². The first-order valence-corrected chi connectivity index (χ1v) is 15.7. The highest BCUT2D eigenvalue weighted by Crippen LogP contribution is 2.37. The Hall–Kier alpha value is -6.39. The molecule has 0 radical (unpaired) electrons. The zero-order valence-electron chi connectivity index (χ0n) is 25.3. The van der Waals surface area contributed by atoms with Gasteiger partial charge in [-0.3, -0.25) is 0 Å². The molecular weight excluding hydrogens is 574 g/mol. The van der Waals surface area contributed by atoms with Crippen LogP contribution in [0.15, 0.2) is 168 Å². The third-order valence-electron chi connectivity index (χ3n) is 8.71. The molecule has 4 nitrogen and oxygen atoms in total. The quantitative estimate of drug-likeness (QED) is 0.197. The van der Waals surface area contributed by atoms with Crippen LogP contribution in [0.1, 0.15) is 0 Å². The molecule has 9 rings (SSSR count). The number of furan rings is 1. The Balaban J connectivity index is 1.11. The van der Waals surface area contributed by atoms with Crippen molar-refractivity contribution in [3.8, 4) is 56.4 Å². The van der Waals surface area contributed by atoms with Crippen molar-refractivity contribution in [1.82, 2.24) is 15.0 Å². The summed E-state index contributed by atoms with van der Waals surface area (Å²) < 4.78 is 6.47. The summed E-state index contributed by atoms with van der Waals surface area (Å²) in [5.41, 5.74) is 9.09. The summed E-state index contributed by atoms with van der Waals surface area (Å²) in [6.45, 7) is 0. The molecule has 0 aliphatic carbocycles. The van der Waals surface area contributed by atoms with Crippen LogP contribution in [-0.4, -0.2) is 15.0 Å². The van der Waals surface area contributed by atoms with E-state index in [1.54, 1.807) is 0 Å². The SMILES string of the molecule is c1ccc(-c2nc(-c3ccccc3)nc(-c3cccc(-c4cccc(-c5ccc6c(c5)oc5c7ccccc7ccc65)c4)c3)n2)cc1. The molecule has 0 unspecified atom stereocenters. The number of benzene rings is 7. The van der Waals surface area contributed by atoms with Crippen LogP contribution in [0.25, 0.3) is 89.1 Å². The van der Waals surface area contributed by atoms with Gasteiger partial charge in [0.15, 0.2) is 17.5 Å². The highest BCUT2D eigenvalue weighted by atomic mass is 16.3. The number of fused-ring (bicyclic) bond motifs is 5. The third kappa shape index (κ3) is 4.93. The molecule has 0 amide bonds. The number of hydrogen-bond acceptors (Lipinski definition) is 4. The summed E-state index contributed by atoms with van der Waals surface area (Å²) in [4.78, 5) is 14.7. The second-order valence-corrected chi connectivity index (χ2v) is 11.7. The molecule has 0 atom stereocenters. The monoisotopic (exact) mass is 601 g/mol. The molecule has 2 heterocycles. The summed E-state index contributed by atoms with van der Waals surface area (Å²) in [5.74, 6) is 1.94. The van der Waals surface area contributed by atoms with Crippen molar-refractivity contribution in [2.24, 2.45) is 0 Å². The number of hydrogen-bond donors (Lipinski definition) is 0. The summed E-state index contributed by atoms with van der Waals surface area (Å²) >= 11 is 0. The molecule has 0 fully saturated rings. The van der Waals surface area contributed by atoms with E-state index in [1.165, 1.54) is 5.39 Å². The van der Waals surface area contributed by atoms with E-state index in [2.05, 4.69) is 103 Å². The fourth-order valence-electron chi connectivity index (χ4n) is 6.34. The summed E-state index contributed by atoms with van der Waals surface area (Å²) in [6.07, 6.45) is 0. The summed E-state index contributed by atoms with van der Waals surface area (Å²) in [7, 11) is 0. The number of aromatic nitrogens is 3. The van der Waals surface area contributed by atoms with Crippen LogP contribution in [-0.2, 0) is 0 Å². The lowest BCUT2D eigenvalue weighted by molar-refractivity contribution is 0.673. The zero-order chi connectivity index (χ0) is 31.2. The second-order valence-electron chi connectivity index (χ2n) is 11.7. The van der Waals surface area contributed by atoms with Gasteiger partial charge in [0.2, 0.25) is 0 Å². The Morgan fingerprint density at radius 3 is 1.47 bits per heavy atom. The van der Waals surface area contributed by atoms with Gasteiger partial charge in [-0.15, -0.1) is 0 Å². The largest absolute Gasteiger partial charge is 0.455 e. The van der Waals surface area contributed by atoms with E-state index in [4.69, 9.17) is 19.4 Å². The maximum Gasteiger partial charge on any atom is 0.164 e. The smallest absolute Gasteiger partial charge is 0.164 e. The minimum atomic E-state index is 0.638. The fourth-order valence-corrected chi connectivity index (χ4v) is 6.34. The molecule has 47 heavy (non-hydrogen) atoms. The van der Waals surface area contributed by atoms with Crippen molar-refractivity contribution in [2.45, 2.75) is 0 Å². The lowest BCUT2D eigenvalue weighted by Gasteiger charge is -2.10. The van der Waals surface area contributed by atoms with E-state index < -0.39 is 0 Å². The molecule has 0 saturated heterocycles. The van der Waals surface area contributed by atoms with E-state index in [9.17, 15) is 0 Å². The molecule has 0 saturated carbocycles. The highest BCUT2D eigenvalue weighted by Gasteiger charge is 2.14. The number of rotatable bonds is 5. The van der Waals surface area contributed by atoms with Crippen LogP contribution in [0.3, 0.4) is 0 Å². The van der Waals surface area contributed by atoms with Crippen LogP contribution in [0, 0.1) is 0 Å². The fraction of sp³-hybridized carbons (Fsp3) is 0. The predicted octanol–water partition coefficient (Wildman–Crippen LogP) is 11.3. The first kappa shape index (κ1) is 27.0. The van der Waals surface area contributed by atoms with Crippen LogP contribution in [0.2, 0.25) is 0 Å². The van der Waals surface area contributed by atoms with Gasteiger partial charge in [-0.1, -0.05) is 133 Å². The molecule has 0 N–H and O–H groups in total. The van der Waals surface area contributed by atoms with Gasteiger partial charge >= 0.3 is 0 Å². The van der Waals surface area contributed by atoms with E-state index in [-0.39, 0.29) is 0 Å². The Morgan fingerprint density at radius 1 is 0.319 bits per heavy atom. The standard InChI is InChI=1S/C43H27N3O/c1-3-12-29(13-4-1)41-44-42(30-14-5-2-6-15-30)46-43(45-41)35-19-10-18-33(26-35)31-16-9-17-32(25-31)34-22-23-37-38-24-21-28-11-7-8-20-36(28)40(38)47-39(37)27-34/h1-27H. The van der Waals surface area contributed by atoms with Gasteiger partial charge in [0.1, 0.15) is 11.2 Å². The van der Waals surface area contributed by atoms with Gasteiger partial charge in [-0.2, -0.15) is 0 Å². The van der Waals surface area contributed by atoms with Crippen molar-refractivity contribution in [2.75, 3.05) is 0 Å². The van der Waals surface area contributed by atoms with Crippen LogP contribution >= 0.6 is 0 Å². The maximum absolute atomic E-state index is 6.47. The lowest BCUT2D eigenvalue weighted by atomic mass is 9.97. The second kappa shape index (κ2) is 11.2. The van der Waals surface area contributed by atoms with Crippen LogP contribution < -0.4 is 0 Å². The van der Waals surface area contributed by atoms with Crippen LogP contribution in [0.4, 0.5) is 0 Å². The molecule has 4 heteroatoms. The van der Waals surface area contributed by atoms with E-state index in [0.29, 0.717) is 17.5 Å². The Morgan fingerprint density at radius 2 is 0.809 bits per heavy atom. The molecule has 220 valence electrons. The lowest BCUT2D eigenvalue weighted by Crippen LogP contribution is -2.00. The topological polar surface area (TPSA) is 51.8 Å². The molecule has 0 bridgehead atoms. The van der Waals surface area contributed by atoms with Crippen molar-refractivity contribution in [3.63, 3.8) is 0 Å². The molecule has 9 aromatic rings. The van der Waals surface area contributed by atoms with Gasteiger partial charge in [0, 0.05) is 32.8 Å². The normalized spacial score (nSPS) is 11.4. The van der Waals surface area contributed by atoms with Gasteiger partial charge < -0.3 is 4.42 Å². The highest BCUT2D eigenvalue weighted by molar-refractivity contribution is 6.15. The summed E-state index contributed by atoms with van der Waals surface area (Å²) in [5, 5.41) is 4.58. The van der Waals surface area contributed by atoms with Gasteiger partial charge in [0.05, 0.1) is 0 Å². The molecule has 7 aromatic carbocycles. The van der Waals surface area contributed by atoms with E-state index in [0.717, 1.165) is 66.3 Å². The van der Waals surface area contributed by atoms with Crippen molar-refractivity contribution in [1.29, 1.82) is 0 Å². The van der Waals surface area contributed by atoms with Gasteiger partial charge in [0.25, 0.3) is 0 Å². The average Bonchev–Trinajstić information content (AvgIpc) is 3.54. The van der Waals surface area contributed by atoms with Gasteiger partial charge in [-0.25, -0.2) is 15.0 Å². The third-order valence-corrected chi connectivity index (χ3v) is 8.71. The molecule has 2 aromatic heterocycles. The maximum atomic E-state index is 6.47. The minimum absolute atomic E-state index is 0.638. The average molecular weight is 602 g/mol. The predicted molar refractivity (Wildman–Crippen MR) is 192 cm³/mol. The first-order chi connectivity index (χ1) is 23.3.